The van der Waals surface area contributed by atoms with Crippen LogP contribution < -0.4 is 15.4 Å². The van der Waals surface area contributed by atoms with Gasteiger partial charge >= 0.3 is 6.09 Å². The van der Waals surface area contributed by atoms with E-state index in [1.807, 2.05) is 66.7 Å². The predicted molar refractivity (Wildman–Crippen MR) is 161 cm³/mol. The summed E-state index contributed by atoms with van der Waals surface area (Å²) in [6.45, 7) is 3.00. The average molecular weight is 586 g/mol. The highest BCUT2D eigenvalue weighted by Crippen LogP contribution is 2.38. The van der Waals surface area contributed by atoms with E-state index < -0.39 is 34.9 Å². The first-order valence-electron chi connectivity index (χ1n) is 14.1. The Morgan fingerprint density at radius 1 is 1.05 bits per heavy atom. The third kappa shape index (κ3) is 6.01. The van der Waals surface area contributed by atoms with Gasteiger partial charge in [0.15, 0.2) is 0 Å². The summed E-state index contributed by atoms with van der Waals surface area (Å²) < 4.78 is 6.14. The van der Waals surface area contributed by atoms with E-state index in [1.165, 1.54) is 18.9 Å². The number of nitrogens with one attached hydrogen (secondary N) is 2. The van der Waals surface area contributed by atoms with Gasteiger partial charge in [-0.2, -0.15) is 5.10 Å². The van der Waals surface area contributed by atoms with Crippen LogP contribution in [-0.2, 0) is 20.8 Å². The number of nitrogens with zero attached hydrogens (tertiary/aromatic N) is 3. The third-order valence-electron chi connectivity index (χ3n) is 8.01. The highest BCUT2D eigenvalue weighted by molar-refractivity contribution is 6.13. The fraction of sp³-hybridized carbons (Fsp3) is 0.344. The Morgan fingerprint density at radius 2 is 1.74 bits per heavy atom. The van der Waals surface area contributed by atoms with Gasteiger partial charge in [0.05, 0.1) is 5.71 Å². The van der Waals surface area contributed by atoms with Crippen molar-refractivity contribution in [2.75, 3.05) is 26.7 Å². The summed E-state index contributed by atoms with van der Waals surface area (Å²) in [5.41, 5.74) is -0.880. The fourth-order valence-corrected chi connectivity index (χ4v) is 5.77. The van der Waals surface area contributed by atoms with Gasteiger partial charge in [-0.25, -0.2) is 9.80 Å². The van der Waals surface area contributed by atoms with Crippen LogP contribution in [0.4, 0.5) is 4.79 Å². The maximum Gasteiger partial charge on any atom is 0.405 e. The van der Waals surface area contributed by atoms with Crippen molar-refractivity contribution in [3.8, 4) is 5.75 Å². The molecule has 2 heterocycles. The van der Waals surface area contributed by atoms with E-state index >= 15 is 0 Å². The lowest BCUT2D eigenvalue weighted by Crippen LogP contribution is -2.62. The molecule has 224 valence electrons. The summed E-state index contributed by atoms with van der Waals surface area (Å²) in [6.07, 6.45) is -0.603. The van der Waals surface area contributed by atoms with Gasteiger partial charge < -0.3 is 25.4 Å². The van der Waals surface area contributed by atoms with Crippen LogP contribution in [0.2, 0.25) is 0 Å². The van der Waals surface area contributed by atoms with E-state index in [0.717, 1.165) is 22.0 Å². The first kappa shape index (κ1) is 29.6. The van der Waals surface area contributed by atoms with E-state index in [0.29, 0.717) is 25.1 Å². The van der Waals surface area contributed by atoms with Crippen LogP contribution in [0.3, 0.4) is 0 Å². The van der Waals surface area contributed by atoms with Crippen LogP contribution in [-0.4, -0.2) is 82.9 Å². The highest BCUT2D eigenvalue weighted by Gasteiger charge is 2.54. The molecular weight excluding hydrogens is 550 g/mol. The predicted octanol–water partition coefficient (Wildman–Crippen LogP) is 3.04. The number of carbonyl (C=O) groups excluding carboxylic acids is 3. The van der Waals surface area contributed by atoms with Gasteiger partial charge in [-0.05, 0) is 37.3 Å². The van der Waals surface area contributed by atoms with Gasteiger partial charge in [-0.3, -0.25) is 14.4 Å². The molecule has 3 N–H and O–H groups in total. The van der Waals surface area contributed by atoms with Crippen LogP contribution in [0.25, 0.3) is 10.8 Å². The number of hydrogen-bond donors (Lipinski definition) is 3. The molecule has 3 aromatic rings. The number of hydrogen-bond acceptors (Lipinski definition) is 6. The van der Waals surface area contributed by atoms with Gasteiger partial charge in [-0.15, -0.1) is 0 Å². The lowest BCUT2D eigenvalue weighted by Gasteiger charge is -2.41. The fourth-order valence-electron chi connectivity index (χ4n) is 5.77. The van der Waals surface area contributed by atoms with E-state index in [9.17, 15) is 24.3 Å². The van der Waals surface area contributed by atoms with Crippen LogP contribution >= 0.6 is 0 Å². The molecule has 2 atom stereocenters. The molecule has 2 aliphatic heterocycles. The van der Waals surface area contributed by atoms with Crippen molar-refractivity contribution in [2.24, 2.45) is 10.5 Å². The van der Waals surface area contributed by atoms with Crippen molar-refractivity contribution in [1.82, 2.24) is 20.5 Å². The Balaban J connectivity index is 1.43. The summed E-state index contributed by atoms with van der Waals surface area (Å²) in [5.74, 6) is -0.782. The van der Waals surface area contributed by atoms with Gasteiger partial charge in [0, 0.05) is 31.9 Å². The second-order valence-electron chi connectivity index (χ2n) is 11.5. The largest absolute Gasteiger partial charge is 0.490 e. The Labute approximate surface area is 249 Å². The van der Waals surface area contributed by atoms with Crippen LogP contribution in [0.5, 0.6) is 5.75 Å². The monoisotopic (exact) mass is 585 g/mol. The molecule has 2 aliphatic rings. The van der Waals surface area contributed by atoms with Crippen molar-refractivity contribution >= 4 is 40.3 Å². The van der Waals surface area contributed by atoms with E-state index in [4.69, 9.17) is 4.74 Å². The molecule has 1 saturated heterocycles. The summed E-state index contributed by atoms with van der Waals surface area (Å²) in [4.78, 5) is 53.9. The van der Waals surface area contributed by atoms with Crippen molar-refractivity contribution < 1.29 is 29.0 Å². The van der Waals surface area contributed by atoms with Gasteiger partial charge in [0.1, 0.15) is 29.4 Å². The molecule has 0 bridgehead atoms. The minimum absolute atomic E-state index is 0.0835. The molecule has 0 saturated carbocycles. The number of ether oxygens (including phenoxy) is 1. The zero-order chi connectivity index (χ0) is 30.8. The lowest BCUT2D eigenvalue weighted by molar-refractivity contribution is -0.143. The quantitative estimate of drug-likeness (QED) is 0.353. The third-order valence-corrected chi connectivity index (χ3v) is 8.01. The van der Waals surface area contributed by atoms with Gasteiger partial charge in [-0.1, -0.05) is 66.7 Å². The van der Waals surface area contributed by atoms with Gasteiger partial charge in [0.2, 0.25) is 11.8 Å². The van der Waals surface area contributed by atoms with E-state index in [1.54, 1.807) is 18.0 Å². The Morgan fingerprint density at radius 3 is 2.49 bits per heavy atom. The summed E-state index contributed by atoms with van der Waals surface area (Å²) in [5, 5.41) is 21.8. The maximum atomic E-state index is 14.2. The molecule has 0 spiro atoms. The normalized spacial score (nSPS) is 19.0. The summed E-state index contributed by atoms with van der Waals surface area (Å²) >= 11 is 0. The molecule has 11 heteroatoms. The highest BCUT2D eigenvalue weighted by atomic mass is 16.5. The molecule has 0 unspecified atom stereocenters. The number of hydrazone groups is 1. The molecule has 1 fully saturated rings. The maximum absolute atomic E-state index is 14.2. The number of amides is 4. The second-order valence-corrected chi connectivity index (χ2v) is 11.5. The van der Waals surface area contributed by atoms with Crippen LogP contribution in [0.15, 0.2) is 77.9 Å². The van der Waals surface area contributed by atoms with Crippen molar-refractivity contribution in [2.45, 2.75) is 38.3 Å². The molecule has 4 amide bonds. The van der Waals surface area contributed by atoms with E-state index in [-0.39, 0.29) is 19.1 Å². The van der Waals surface area contributed by atoms with Crippen molar-refractivity contribution in [3.63, 3.8) is 0 Å². The minimum Gasteiger partial charge on any atom is -0.490 e. The molecular formula is C32H35N5O6. The molecule has 0 aliphatic carbocycles. The molecule has 3 aromatic carbocycles. The SMILES string of the molecule is CN1N=C2CCN(C(=O)[C@@H](COc3cccc4ccccc34)NC(=O)C(C)(C)NC(=O)O)C[C@@]2(Cc2ccccc2)C1=O. The number of piperidine rings is 1. The van der Waals surface area contributed by atoms with Crippen molar-refractivity contribution in [1.29, 1.82) is 0 Å². The van der Waals surface area contributed by atoms with Crippen LogP contribution in [0, 0.1) is 5.41 Å². The van der Waals surface area contributed by atoms with E-state index in [2.05, 4.69) is 15.7 Å². The van der Waals surface area contributed by atoms with Crippen molar-refractivity contribution in [3.05, 3.63) is 78.4 Å². The molecule has 0 radical (unpaired) electrons. The summed E-state index contributed by atoms with van der Waals surface area (Å²) in [6, 6.07) is 21.6. The number of likely N-dealkylation sites (tertiary alicyclic amines) is 1. The number of carboxylic acid groups (broad SMARTS) is 1. The average Bonchev–Trinajstić information content (AvgIpc) is 3.23. The summed E-state index contributed by atoms with van der Waals surface area (Å²) in [7, 11) is 1.62. The number of benzene rings is 3. The minimum atomic E-state index is -1.52. The lowest BCUT2D eigenvalue weighted by atomic mass is 9.73. The Bertz CT molecular complexity index is 1580. The number of carbonyl (C=O) groups is 4. The Hall–Kier alpha value is -4.93. The number of fused-ring (bicyclic) bond motifs is 2. The topological polar surface area (TPSA) is 141 Å². The zero-order valence-electron chi connectivity index (χ0n) is 24.4. The zero-order valence-corrected chi connectivity index (χ0v) is 24.4. The van der Waals surface area contributed by atoms with Crippen LogP contribution in [0.1, 0.15) is 25.8 Å². The number of rotatable bonds is 9. The molecule has 5 rings (SSSR count). The first-order valence-corrected chi connectivity index (χ1v) is 14.1. The standard InChI is InChI=1S/C32H35N5O6/c1-31(2,34-30(41)42)28(39)33-24(19-43-25-15-9-13-22-12-7-8-14-23(22)25)27(38)37-17-16-26-32(20-37,29(40)36(3)35-26)18-21-10-5-4-6-11-21/h4-15,24,34H,16-20H2,1-3H3,(H,33,39)(H,41,42)/t24-,32-/m1/s1. The molecule has 43 heavy (non-hydrogen) atoms. The second kappa shape index (κ2) is 11.7. The first-order chi connectivity index (χ1) is 20.5. The smallest absolute Gasteiger partial charge is 0.405 e. The Kier molecular flexibility index (Phi) is 8.08. The molecule has 11 nitrogen and oxygen atoms in total. The molecule has 0 aromatic heterocycles. The van der Waals surface area contributed by atoms with Gasteiger partial charge in [0.25, 0.3) is 5.91 Å².